The van der Waals surface area contributed by atoms with Gasteiger partial charge in [-0.2, -0.15) is 12.7 Å². The summed E-state index contributed by atoms with van der Waals surface area (Å²) in [6, 6.07) is 0. The molecule has 0 spiro atoms. The highest BCUT2D eigenvalue weighted by atomic mass is 32.2. The Hall–Kier alpha value is -0.210. The lowest BCUT2D eigenvalue weighted by Gasteiger charge is -2.31. The zero-order chi connectivity index (χ0) is 15.0. The monoisotopic (exact) mass is 306 g/mol. The minimum atomic E-state index is -3.28. The van der Waals surface area contributed by atoms with Gasteiger partial charge in [-0.05, 0) is 58.9 Å². The van der Waals surface area contributed by atoms with Crippen LogP contribution in [0.2, 0.25) is 0 Å². The summed E-state index contributed by atoms with van der Waals surface area (Å²) in [5, 5.41) is 3.34. The van der Waals surface area contributed by atoms with Crippen LogP contribution in [0.25, 0.3) is 0 Å². The maximum Gasteiger partial charge on any atom is 0.279 e. The Bertz CT molecular complexity index is 351. The van der Waals surface area contributed by atoms with Crippen molar-refractivity contribution in [2.75, 3.05) is 53.4 Å². The summed E-state index contributed by atoms with van der Waals surface area (Å²) in [5.41, 5.74) is 0. The van der Waals surface area contributed by atoms with Gasteiger partial charge in [0.2, 0.25) is 0 Å². The van der Waals surface area contributed by atoms with Crippen LogP contribution in [0.4, 0.5) is 0 Å². The molecule has 0 saturated carbocycles. The average molecular weight is 306 g/mol. The number of nitrogens with zero attached hydrogens (tertiary/aromatic N) is 2. The normalized spacial score (nSPS) is 18.8. The molecule has 0 amide bonds. The summed E-state index contributed by atoms with van der Waals surface area (Å²) in [7, 11) is 0.699. The van der Waals surface area contributed by atoms with E-state index in [1.165, 1.54) is 0 Å². The Morgan fingerprint density at radius 2 is 1.90 bits per heavy atom. The molecular formula is C13H30N4O2S. The zero-order valence-electron chi connectivity index (χ0n) is 13.1. The van der Waals surface area contributed by atoms with Gasteiger partial charge in [-0.25, -0.2) is 4.72 Å². The molecule has 20 heavy (non-hydrogen) atoms. The van der Waals surface area contributed by atoms with Crippen molar-refractivity contribution in [3.05, 3.63) is 0 Å². The first kappa shape index (κ1) is 17.8. The van der Waals surface area contributed by atoms with Gasteiger partial charge in [-0.15, -0.1) is 0 Å². The van der Waals surface area contributed by atoms with Crippen LogP contribution in [0.15, 0.2) is 0 Å². The van der Waals surface area contributed by atoms with E-state index in [-0.39, 0.29) is 0 Å². The van der Waals surface area contributed by atoms with Gasteiger partial charge in [0.15, 0.2) is 0 Å². The first-order chi connectivity index (χ1) is 9.45. The third kappa shape index (κ3) is 6.49. The van der Waals surface area contributed by atoms with Crippen molar-refractivity contribution in [1.29, 1.82) is 0 Å². The van der Waals surface area contributed by atoms with Crippen LogP contribution >= 0.6 is 0 Å². The molecule has 0 atom stereocenters. The highest BCUT2D eigenvalue weighted by Crippen LogP contribution is 2.18. The van der Waals surface area contributed by atoms with E-state index in [1.807, 2.05) is 14.1 Å². The summed E-state index contributed by atoms with van der Waals surface area (Å²) in [6.07, 6.45) is 2.74. The molecule has 2 N–H and O–H groups in total. The first-order valence-corrected chi connectivity index (χ1v) is 9.00. The molecule has 1 aliphatic heterocycles. The number of nitrogens with one attached hydrogen (secondary N) is 2. The lowest BCUT2D eigenvalue weighted by molar-refractivity contribution is 0.266. The van der Waals surface area contributed by atoms with Gasteiger partial charge in [0.25, 0.3) is 10.2 Å². The van der Waals surface area contributed by atoms with E-state index in [4.69, 9.17) is 0 Å². The molecule has 1 saturated heterocycles. The fraction of sp³-hybridized carbons (Fsp3) is 1.00. The third-order valence-corrected chi connectivity index (χ3v) is 5.28. The minimum absolute atomic E-state index is 0.512. The first-order valence-electron chi connectivity index (χ1n) is 7.56. The zero-order valence-corrected chi connectivity index (χ0v) is 13.9. The molecule has 6 nitrogen and oxygen atoms in total. The van der Waals surface area contributed by atoms with E-state index >= 15 is 0 Å². The quantitative estimate of drug-likeness (QED) is 0.593. The van der Waals surface area contributed by atoms with Gasteiger partial charge in [-0.3, -0.25) is 0 Å². The topological polar surface area (TPSA) is 64.7 Å². The van der Waals surface area contributed by atoms with Crippen molar-refractivity contribution in [3.8, 4) is 0 Å². The van der Waals surface area contributed by atoms with E-state index in [2.05, 4.69) is 21.9 Å². The Kier molecular flexibility index (Phi) is 7.98. The molecule has 0 radical (unpaired) electrons. The lowest BCUT2D eigenvalue weighted by atomic mass is 9.98. The molecule has 0 aliphatic carbocycles. The average Bonchev–Trinajstić information content (AvgIpc) is 2.42. The van der Waals surface area contributed by atoms with Crippen LogP contribution in [0.5, 0.6) is 0 Å². The van der Waals surface area contributed by atoms with Crippen LogP contribution < -0.4 is 10.0 Å². The SMILES string of the molecule is CCNCC1CCN(S(=O)(=O)NCCCN(C)C)CC1. The number of hydrogen-bond donors (Lipinski definition) is 2. The predicted molar refractivity (Wildman–Crippen MR) is 82.9 cm³/mol. The van der Waals surface area contributed by atoms with Crippen LogP contribution in [-0.2, 0) is 10.2 Å². The van der Waals surface area contributed by atoms with E-state index < -0.39 is 10.2 Å². The molecule has 1 aliphatic rings. The second-order valence-electron chi connectivity index (χ2n) is 5.71. The van der Waals surface area contributed by atoms with Gasteiger partial charge in [0, 0.05) is 19.6 Å². The maximum absolute atomic E-state index is 12.1. The number of hydrogen-bond acceptors (Lipinski definition) is 4. The molecule has 0 aromatic rings. The molecule has 7 heteroatoms. The molecular weight excluding hydrogens is 276 g/mol. The van der Waals surface area contributed by atoms with Gasteiger partial charge >= 0.3 is 0 Å². The maximum atomic E-state index is 12.1. The van der Waals surface area contributed by atoms with E-state index in [0.29, 0.717) is 25.6 Å². The summed E-state index contributed by atoms with van der Waals surface area (Å²) >= 11 is 0. The van der Waals surface area contributed by atoms with Gasteiger partial charge in [0.1, 0.15) is 0 Å². The second-order valence-corrected chi connectivity index (χ2v) is 7.46. The van der Waals surface area contributed by atoms with Gasteiger partial charge in [0.05, 0.1) is 0 Å². The molecule has 0 aromatic heterocycles. The standard InChI is InChI=1S/C13H30N4O2S/c1-4-14-12-13-6-10-17(11-7-13)20(18,19)15-8-5-9-16(2)3/h13-15H,4-12H2,1-3H3. The highest BCUT2D eigenvalue weighted by molar-refractivity contribution is 7.87. The number of piperidine rings is 1. The Morgan fingerprint density at radius 3 is 2.45 bits per heavy atom. The van der Waals surface area contributed by atoms with E-state index in [9.17, 15) is 8.42 Å². The molecule has 1 fully saturated rings. The summed E-state index contributed by atoms with van der Waals surface area (Å²) in [4.78, 5) is 2.06. The second kappa shape index (κ2) is 8.94. The Morgan fingerprint density at radius 1 is 1.25 bits per heavy atom. The van der Waals surface area contributed by atoms with Gasteiger partial charge < -0.3 is 10.2 Å². The largest absolute Gasteiger partial charge is 0.317 e. The Labute approximate surface area is 124 Å². The van der Waals surface area contributed by atoms with Crippen LogP contribution in [0.1, 0.15) is 26.2 Å². The van der Waals surface area contributed by atoms with Crippen molar-refractivity contribution in [2.45, 2.75) is 26.2 Å². The Balaban J connectivity index is 2.28. The molecule has 0 bridgehead atoms. The highest BCUT2D eigenvalue weighted by Gasteiger charge is 2.27. The van der Waals surface area contributed by atoms with Crippen molar-refractivity contribution in [2.24, 2.45) is 5.92 Å². The van der Waals surface area contributed by atoms with Crippen LogP contribution in [-0.4, -0.2) is 71.0 Å². The van der Waals surface area contributed by atoms with Crippen LogP contribution in [0.3, 0.4) is 0 Å². The molecule has 120 valence electrons. The molecule has 0 unspecified atom stereocenters. The lowest BCUT2D eigenvalue weighted by Crippen LogP contribution is -2.46. The molecule has 1 heterocycles. The minimum Gasteiger partial charge on any atom is -0.317 e. The summed E-state index contributed by atoms with van der Waals surface area (Å²) in [6.45, 7) is 6.76. The smallest absolute Gasteiger partial charge is 0.279 e. The van der Waals surface area contributed by atoms with Crippen LogP contribution in [0, 0.1) is 5.92 Å². The van der Waals surface area contributed by atoms with Crippen molar-refractivity contribution < 1.29 is 8.42 Å². The van der Waals surface area contributed by atoms with Crippen molar-refractivity contribution in [3.63, 3.8) is 0 Å². The summed E-state index contributed by atoms with van der Waals surface area (Å²) < 4.78 is 28.6. The van der Waals surface area contributed by atoms with E-state index in [1.54, 1.807) is 4.31 Å². The fourth-order valence-corrected chi connectivity index (χ4v) is 3.67. The molecule has 0 aromatic carbocycles. The third-order valence-electron chi connectivity index (χ3n) is 3.66. The molecule has 1 rings (SSSR count). The van der Waals surface area contributed by atoms with Gasteiger partial charge in [-0.1, -0.05) is 6.92 Å². The summed E-state index contributed by atoms with van der Waals surface area (Å²) in [5.74, 6) is 0.607. The fourth-order valence-electron chi connectivity index (χ4n) is 2.39. The number of rotatable bonds is 9. The predicted octanol–water partition coefficient (Wildman–Crippen LogP) is 0.0940. The van der Waals surface area contributed by atoms with Crippen molar-refractivity contribution in [1.82, 2.24) is 19.2 Å². The van der Waals surface area contributed by atoms with E-state index in [0.717, 1.165) is 38.9 Å². The van der Waals surface area contributed by atoms with Crippen molar-refractivity contribution >= 4 is 10.2 Å².